The summed E-state index contributed by atoms with van der Waals surface area (Å²) in [6.45, 7) is 1.04. The number of rotatable bonds is 6. The fraction of sp³-hybridized carbons (Fsp3) is 0.467. The number of aromatic nitrogens is 2. The lowest BCUT2D eigenvalue weighted by atomic mass is 9.37. The van der Waals surface area contributed by atoms with Crippen molar-refractivity contribution in [3.8, 4) is 17.2 Å². The second-order valence-corrected chi connectivity index (χ2v) is 12.5. The lowest BCUT2D eigenvalue weighted by Crippen LogP contribution is -2.78. The van der Waals surface area contributed by atoms with E-state index in [4.69, 9.17) is 24.0 Å². The Morgan fingerprint density at radius 1 is 1.05 bits per heavy atom. The average molecular weight is 545 g/mol. The maximum absolute atomic E-state index is 7.04. The highest BCUT2D eigenvalue weighted by Gasteiger charge is 2.79. The molecule has 4 bridgehead atoms. The first-order chi connectivity index (χ1) is 19.0. The summed E-state index contributed by atoms with van der Waals surface area (Å²) in [4.78, 5) is 2.57. The third-order valence-corrected chi connectivity index (χ3v) is 11.3. The van der Waals surface area contributed by atoms with Gasteiger partial charge in [0.05, 0.1) is 25.6 Å². The van der Waals surface area contributed by atoms with Crippen LogP contribution in [0.3, 0.4) is 0 Å². The molecule has 1 aromatic heterocycles. The molecule has 9 rings (SSSR count). The summed E-state index contributed by atoms with van der Waals surface area (Å²) in [6.07, 6.45) is 7.60. The van der Waals surface area contributed by atoms with Gasteiger partial charge < -0.3 is 29.2 Å². The number of ether oxygens (including phenoxy) is 4. The van der Waals surface area contributed by atoms with E-state index in [1.807, 2.05) is 31.4 Å². The van der Waals surface area contributed by atoms with Gasteiger partial charge in [0.2, 0.25) is 5.13 Å². The fourth-order valence-electron chi connectivity index (χ4n) is 8.71. The molecular weight excluding hydrogens is 512 g/mol. The van der Waals surface area contributed by atoms with Crippen molar-refractivity contribution >= 4 is 22.2 Å². The minimum absolute atomic E-state index is 0.0189. The van der Waals surface area contributed by atoms with Crippen LogP contribution in [0, 0.1) is 5.41 Å². The molecule has 202 valence electrons. The minimum Gasteiger partial charge on any atom is -0.497 e. The molecule has 39 heavy (non-hydrogen) atoms. The van der Waals surface area contributed by atoms with E-state index in [-0.39, 0.29) is 22.9 Å². The molecule has 6 aliphatic rings. The Balaban J connectivity index is 1.25. The highest BCUT2D eigenvalue weighted by molar-refractivity contribution is 7.15. The normalized spacial score (nSPS) is 34.9. The van der Waals surface area contributed by atoms with E-state index in [0.29, 0.717) is 6.04 Å². The van der Waals surface area contributed by atoms with E-state index in [1.54, 1.807) is 25.6 Å². The van der Waals surface area contributed by atoms with E-state index >= 15 is 0 Å². The molecule has 8 nitrogen and oxygen atoms in total. The van der Waals surface area contributed by atoms with Crippen LogP contribution in [0.15, 0.2) is 48.6 Å². The van der Waals surface area contributed by atoms with Crippen LogP contribution in [0.5, 0.6) is 17.2 Å². The second-order valence-electron chi connectivity index (χ2n) is 11.5. The van der Waals surface area contributed by atoms with Crippen molar-refractivity contribution in [2.45, 2.75) is 48.3 Å². The molecule has 3 aromatic rings. The van der Waals surface area contributed by atoms with Crippen LogP contribution >= 0.6 is 11.3 Å². The molecule has 2 spiro atoms. The molecule has 3 heterocycles. The summed E-state index contributed by atoms with van der Waals surface area (Å²) in [6, 6.07) is 12.5. The standard InChI is InChI=1S/C30H32N4O4S/c1-34-14-13-29-23-17-5-10-21(36-3)24(23)38-26(29)30(37-4)12-11-28(29,22(34)15-17)16-20(30)25-32-33-27(39-25)31-18-6-8-19(35-2)9-7-18/h5-12,20,22,26H,13-16H2,1-4H3,(H,31,33)/t20-,22-,26-,28-,29+,30-/m1/s1. The van der Waals surface area contributed by atoms with E-state index < -0.39 is 5.60 Å². The first-order valence-electron chi connectivity index (χ1n) is 13.6. The van der Waals surface area contributed by atoms with E-state index in [0.717, 1.165) is 58.9 Å². The predicted octanol–water partition coefficient (Wildman–Crippen LogP) is 4.69. The molecule has 1 saturated heterocycles. The molecular formula is C30H32N4O4S. The number of anilines is 2. The fourth-order valence-corrected chi connectivity index (χ4v) is 9.65. The summed E-state index contributed by atoms with van der Waals surface area (Å²) in [5.41, 5.74) is 2.80. The van der Waals surface area contributed by atoms with Gasteiger partial charge in [0.1, 0.15) is 22.5 Å². The van der Waals surface area contributed by atoms with Crippen LogP contribution in [-0.4, -0.2) is 67.8 Å². The zero-order valence-corrected chi connectivity index (χ0v) is 23.4. The molecule has 2 fully saturated rings. The summed E-state index contributed by atoms with van der Waals surface area (Å²) < 4.78 is 24.7. The summed E-state index contributed by atoms with van der Waals surface area (Å²) in [5, 5.41) is 14.5. The monoisotopic (exact) mass is 544 g/mol. The highest BCUT2D eigenvalue weighted by atomic mass is 32.1. The number of nitrogens with one attached hydrogen (secondary N) is 1. The molecule has 0 unspecified atom stereocenters. The first-order valence-corrected chi connectivity index (χ1v) is 14.4. The number of likely N-dealkylation sites (N-methyl/N-ethyl adjacent to an activating group) is 1. The molecule has 0 radical (unpaired) electrons. The van der Waals surface area contributed by atoms with Crippen molar-refractivity contribution in [2.75, 3.05) is 40.2 Å². The average Bonchev–Trinajstić information content (AvgIpc) is 3.58. The van der Waals surface area contributed by atoms with Crippen molar-refractivity contribution in [1.29, 1.82) is 0 Å². The van der Waals surface area contributed by atoms with Gasteiger partial charge >= 0.3 is 0 Å². The maximum Gasteiger partial charge on any atom is 0.210 e. The largest absolute Gasteiger partial charge is 0.497 e. The number of hydrogen-bond acceptors (Lipinski definition) is 9. The number of likely N-dealkylation sites (tertiary alicyclic amines) is 1. The third-order valence-electron chi connectivity index (χ3n) is 10.4. The van der Waals surface area contributed by atoms with Crippen molar-refractivity contribution in [2.24, 2.45) is 5.41 Å². The van der Waals surface area contributed by atoms with Crippen molar-refractivity contribution < 1.29 is 18.9 Å². The zero-order chi connectivity index (χ0) is 26.6. The van der Waals surface area contributed by atoms with Crippen LogP contribution in [-0.2, 0) is 16.6 Å². The van der Waals surface area contributed by atoms with Crippen LogP contribution in [0.4, 0.5) is 10.8 Å². The summed E-state index contributed by atoms with van der Waals surface area (Å²) in [5.74, 6) is 2.57. The Labute approximate surface area is 231 Å². The first kappa shape index (κ1) is 23.7. The number of fused-ring (bicyclic) bond motifs is 1. The van der Waals surface area contributed by atoms with Crippen LogP contribution < -0.4 is 19.5 Å². The zero-order valence-electron chi connectivity index (χ0n) is 22.6. The third kappa shape index (κ3) is 2.76. The van der Waals surface area contributed by atoms with Crippen molar-refractivity contribution in [3.05, 3.63) is 64.7 Å². The number of piperidine rings is 1. The Hall–Kier alpha value is -3.14. The molecule has 6 atom stereocenters. The van der Waals surface area contributed by atoms with Gasteiger partial charge in [-0.15, -0.1) is 10.2 Å². The van der Waals surface area contributed by atoms with Crippen molar-refractivity contribution in [3.63, 3.8) is 0 Å². The number of methoxy groups -OCH3 is 3. The molecule has 4 aliphatic carbocycles. The van der Waals surface area contributed by atoms with Gasteiger partial charge in [-0.2, -0.15) is 0 Å². The van der Waals surface area contributed by atoms with Gasteiger partial charge in [-0.05, 0) is 68.8 Å². The molecule has 1 N–H and O–H groups in total. The molecule has 1 saturated carbocycles. The molecule has 2 aliphatic heterocycles. The quantitative estimate of drug-likeness (QED) is 0.448. The Morgan fingerprint density at radius 3 is 2.67 bits per heavy atom. The van der Waals surface area contributed by atoms with Crippen molar-refractivity contribution in [1.82, 2.24) is 15.1 Å². The molecule has 0 amide bonds. The lowest BCUT2D eigenvalue weighted by molar-refractivity contribution is -0.197. The van der Waals surface area contributed by atoms with Gasteiger partial charge in [0, 0.05) is 29.8 Å². The van der Waals surface area contributed by atoms with Gasteiger partial charge in [0.25, 0.3) is 0 Å². The second kappa shape index (κ2) is 7.96. The SMILES string of the molecule is COc1ccc(Nc2nnc([C@H]3C[C@@]45C=C[C@]3(OC)[C@@H]3Oc6c(OC)ccc7c6[C@@]34CCN(C)[C@@H]5C7)s2)cc1. The van der Waals surface area contributed by atoms with E-state index in [1.165, 1.54) is 11.1 Å². The van der Waals surface area contributed by atoms with Crippen LogP contribution in [0.2, 0.25) is 0 Å². The van der Waals surface area contributed by atoms with E-state index in [2.05, 4.69) is 46.6 Å². The molecule has 9 heteroatoms. The van der Waals surface area contributed by atoms with Gasteiger partial charge in [-0.3, -0.25) is 0 Å². The smallest absolute Gasteiger partial charge is 0.210 e. The number of benzene rings is 2. The summed E-state index contributed by atoms with van der Waals surface area (Å²) in [7, 11) is 7.51. The van der Waals surface area contributed by atoms with Crippen LogP contribution in [0.25, 0.3) is 0 Å². The minimum atomic E-state index is -0.655. The van der Waals surface area contributed by atoms with Gasteiger partial charge in [-0.25, -0.2) is 0 Å². The Kier molecular flexibility index (Phi) is 4.84. The summed E-state index contributed by atoms with van der Waals surface area (Å²) >= 11 is 1.60. The van der Waals surface area contributed by atoms with E-state index in [9.17, 15) is 0 Å². The highest BCUT2D eigenvalue weighted by Crippen LogP contribution is 2.75. The predicted molar refractivity (Wildman–Crippen MR) is 149 cm³/mol. The lowest BCUT2D eigenvalue weighted by Gasteiger charge is -2.70. The van der Waals surface area contributed by atoms with Gasteiger partial charge in [0.15, 0.2) is 11.5 Å². The number of nitrogens with zero attached hydrogens (tertiary/aromatic N) is 3. The topological polar surface area (TPSA) is 78.0 Å². The Bertz CT molecular complexity index is 1510. The Morgan fingerprint density at radius 2 is 1.90 bits per heavy atom. The number of hydrogen-bond donors (Lipinski definition) is 1. The maximum atomic E-state index is 7.04. The van der Waals surface area contributed by atoms with Gasteiger partial charge in [-0.1, -0.05) is 29.6 Å². The van der Waals surface area contributed by atoms with Crippen LogP contribution in [0.1, 0.15) is 34.9 Å². The molecule has 2 aromatic carbocycles.